The summed E-state index contributed by atoms with van der Waals surface area (Å²) in [6.45, 7) is 0.784. The molecule has 86 valence electrons. The molecule has 16 heavy (non-hydrogen) atoms. The standard InChI is InChI=1S/C11H14N2OS2/c12-11(15)9-4-1-5-13(9)10(14)7-8-3-2-6-16-8/h2-3,6,9H,1,4-5,7H2,(H2,12,15). The molecule has 2 N–H and O–H groups in total. The topological polar surface area (TPSA) is 46.3 Å². The number of carbonyl (C=O) groups excluding carboxylic acids is 1. The quantitative estimate of drug-likeness (QED) is 0.833. The molecule has 1 aromatic heterocycles. The molecule has 0 radical (unpaired) electrons. The molecule has 0 bridgehead atoms. The van der Waals surface area contributed by atoms with Gasteiger partial charge in [0, 0.05) is 11.4 Å². The van der Waals surface area contributed by atoms with Crippen molar-refractivity contribution in [3.8, 4) is 0 Å². The van der Waals surface area contributed by atoms with Crippen LogP contribution in [0.25, 0.3) is 0 Å². The van der Waals surface area contributed by atoms with Crippen molar-refractivity contribution >= 4 is 34.5 Å². The van der Waals surface area contributed by atoms with Crippen LogP contribution >= 0.6 is 23.6 Å². The third kappa shape index (κ3) is 2.41. The molecule has 0 spiro atoms. The van der Waals surface area contributed by atoms with E-state index in [1.54, 1.807) is 11.3 Å². The summed E-state index contributed by atoms with van der Waals surface area (Å²) >= 11 is 6.59. The minimum absolute atomic E-state index is 0.0255. The predicted octanol–water partition coefficient (Wildman–Crippen LogP) is 1.57. The van der Waals surface area contributed by atoms with Crippen molar-refractivity contribution in [2.24, 2.45) is 5.73 Å². The summed E-state index contributed by atoms with van der Waals surface area (Å²) in [5.74, 6) is 0.137. The lowest BCUT2D eigenvalue weighted by atomic mass is 10.2. The van der Waals surface area contributed by atoms with E-state index in [1.165, 1.54) is 0 Å². The van der Waals surface area contributed by atoms with Crippen molar-refractivity contribution in [1.82, 2.24) is 4.90 Å². The molecule has 2 heterocycles. The lowest BCUT2D eigenvalue weighted by Gasteiger charge is -2.23. The summed E-state index contributed by atoms with van der Waals surface area (Å²) in [4.78, 5) is 15.4. The number of thiophene rings is 1. The molecule has 1 aliphatic rings. The molecule has 1 fully saturated rings. The van der Waals surface area contributed by atoms with Crippen LogP contribution in [0.2, 0.25) is 0 Å². The SMILES string of the molecule is NC(=S)C1CCCN1C(=O)Cc1cccs1. The minimum atomic E-state index is -0.0255. The molecule has 0 aromatic carbocycles. The maximum absolute atomic E-state index is 12.0. The fourth-order valence-electron chi connectivity index (χ4n) is 2.02. The number of nitrogens with two attached hydrogens (primary N) is 1. The molecular formula is C11H14N2OS2. The molecule has 1 aromatic rings. The maximum Gasteiger partial charge on any atom is 0.228 e. The summed E-state index contributed by atoms with van der Waals surface area (Å²) in [6.07, 6.45) is 2.38. The van der Waals surface area contributed by atoms with Gasteiger partial charge in [-0.3, -0.25) is 4.79 Å². The second-order valence-corrected chi connectivity index (χ2v) is 5.41. The van der Waals surface area contributed by atoms with Crippen molar-refractivity contribution < 1.29 is 4.79 Å². The van der Waals surface area contributed by atoms with E-state index in [4.69, 9.17) is 18.0 Å². The highest BCUT2D eigenvalue weighted by Crippen LogP contribution is 2.20. The van der Waals surface area contributed by atoms with E-state index in [0.29, 0.717) is 11.4 Å². The Bertz CT molecular complexity index is 389. The molecule has 1 amide bonds. The zero-order valence-corrected chi connectivity index (χ0v) is 10.5. The highest BCUT2D eigenvalue weighted by Gasteiger charge is 2.30. The predicted molar refractivity (Wildman–Crippen MR) is 69.5 cm³/mol. The maximum atomic E-state index is 12.0. The Kier molecular flexibility index (Phi) is 3.56. The van der Waals surface area contributed by atoms with Gasteiger partial charge < -0.3 is 10.6 Å². The Hall–Kier alpha value is -0.940. The van der Waals surface area contributed by atoms with Crippen molar-refractivity contribution in [3.63, 3.8) is 0 Å². The Morgan fingerprint density at radius 1 is 1.69 bits per heavy atom. The first-order valence-electron chi connectivity index (χ1n) is 5.29. The van der Waals surface area contributed by atoms with Gasteiger partial charge in [0.25, 0.3) is 0 Å². The first-order chi connectivity index (χ1) is 7.68. The molecule has 3 nitrogen and oxygen atoms in total. The Balaban J connectivity index is 2.01. The normalized spacial score (nSPS) is 20.0. The fourth-order valence-corrected chi connectivity index (χ4v) is 2.97. The molecule has 1 saturated heterocycles. The first-order valence-corrected chi connectivity index (χ1v) is 6.58. The average molecular weight is 254 g/mol. The smallest absolute Gasteiger partial charge is 0.228 e. The van der Waals surface area contributed by atoms with Gasteiger partial charge in [-0.05, 0) is 24.3 Å². The van der Waals surface area contributed by atoms with E-state index >= 15 is 0 Å². The number of hydrogen-bond donors (Lipinski definition) is 1. The van der Waals surface area contributed by atoms with Gasteiger partial charge >= 0.3 is 0 Å². The summed E-state index contributed by atoms with van der Waals surface area (Å²) in [5.41, 5.74) is 5.64. The van der Waals surface area contributed by atoms with Gasteiger partial charge in [-0.15, -0.1) is 11.3 Å². The van der Waals surface area contributed by atoms with Crippen molar-refractivity contribution in [1.29, 1.82) is 0 Å². The van der Waals surface area contributed by atoms with Gasteiger partial charge in [-0.1, -0.05) is 18.3 Å². The molecule has 0 saturated carbocycles. The van der Waals surface area contributed by atoms with Crippen molar-refractivity contribution in [2.45, 2.75) is 25.3 Å². The molecule has 5 heteroatoms. The first kappa shape index (κ1) is 11.5. The Morgan fingerprint density at radius 3 is 3.12 bits per heavy atom. The van der Waals surface area contributed by atoms with Gasteiger partial charge in [0.15, 0.2) is 0 Å². The number of hydrogen-bond acceptors (Lipinski definition) is 3. The summed E-state index contributed by atoms with van der Waals surface area (Å²) in [5, 5.41) is 1.98. The van der Waals surface area contributed by atoms with E-state index in [2.05, 4.69) is 0 Å². The van der Waals surface area contributed by atoms with E-state index in [-0.39, 0.29) is 11.9 Å². The highest BCUT2D eigenvalue weighted by atomic mass is 32.1. The largest absolute Gasteiger partial charge is 0.392 e. The van der Waals surface area contributed by atoms with E-state index in [9.17, 15) is 4.79 Å². The number of rotatable bonds is 3. The minimum Gasteiger partial charge on any atom is -0.392 e. The van der Waals surface area contributed by atoms with Gasteiger partial charge in [-0.25, -0.2) is 0 Å². The molecule has 1 atom stereocenters. The van der Waals surface area contributed by atoms with Crippen LogP contribution in [0.15, 0.2) is 17.5 Å². The molecule has 1 aliphatic heterocycles. The molecular weight excluding hydrogens is 240 g/mol. The lowest BCUT2D eigenvalue weighted by molar-refractivity contribution is -0.130. The Labute approximate surface area is 104 Å². The van der Waals surface area contributed by atoms with Crippen molar-refractivity contribution in [2.75, 3.05) is 6.54 Å². The number of nitrogens with zero attached hydrogens (tertiary/aromatic N) is 1. The van der Waals surface area contributed by atoms with Crippen LogP contribution in [-0.2, 0) is 11.2 Å². The van der Waals surface area contributed by atoms with Gasteiger partial charge in [0.05, 0.1) is 17.5 Å². The molecule has 2 rings (SSSR count). The van der Waals surface area contributed by atoms with Crippen LogP contribution in [0, 0.1) is 0 Å². The monoisotopic (exact) mass is 254 g/mol. The number of carbonyl (C=O) groups is 1. The van der Waals surface area contributed by atoms with Gasteiger partial charge in [-0.2, -0.15) is 0 Å². The number of amides is 1. The zero-order valence-electron chi connectivity index (χ0n) is 8.89. The third-order valence-corrected chi connectivity index (χ3v) is 3.96. The second kappa shape index (κ2) is 4.93. The molecule has 0 aliphatic carbocycles. The van der Waals surface area contributed by atoms with Gasteiger partial charge in [0.1, 0.15) is 0 Å². The van der Waals surface area contributed by atoms with Crippen LogP contribution in [0.3, 0.4) is 0 Å². The van der Waals surface area contributed by atoms with Crippen LogP contribution in [0.5, 0.6) is 0 Å². The fraction of sp³-hybridized carbons (Fsp3) is 0.455. The van der Waals surface area contributed by atoms with E-state index in [0.717, 1.165) is 24.3 Å². The number of thiocarbonyl (C=S) groups is 1. The molecule has 1 unspecified atom stereocenters. The highest BCUT2D eigenvalue weighted by molar-refractivity contribution is 7.80. The second-order valence-electron chi connectivity index (χ2n) is 3.90. The Morgan fingerprint density at radius 2 is 2.50 bits per heavy atom. The van der Waals surface area contributed by atoms with Gasteiger partial charge in [0.2, 0.25) is 5.91 Å². The van der Waals surface area contributed by atoms with Crippen molar-refractivity contribution in [3.05, 3.63) is 22.4 Å². The summed E-state index contributed by atoms with van der Waals surface area (Å²) in [6, 6.07) is 3.92. The average Bonchev–Trinajstić information content (AvgIpc) is 2.86. The van der Waals surface area contributed by atoms with E-state index in [1.807, 2.05) is 22.4 Å². The van der Waals surface area contributed by atoms with Crippen LogP contribution in [0.1, 0.15) is 17.7 Å². The van der Waals surface area contributed by atoms with Crippen LogP contribution in [0.4, 0.5) is 0 Å². The third-order valence-electron chi connectivity index (χ3n) is 2.81. The van der Waals surface area contributed by atoms with Crippen LogP contribution < -0.4 is 5.73 Å². The lowest BCUT2D eigenvalue weighted by Crippen LogP contribution is -2.43. The van der Waals surface area contributed by atoms with Crippen LogP contribution in [-0.4, -0.2) is 28.4 Å². The number of likely N-dealkylation sites (tertiary alicyclic amines) is 1. The zero-order chi connectivity index (χ0) is 11.5. The van der Waals surface area contributed by atoms with E-state index < -0.39 is 0 Å². The summed E-state index contributed by atoms with van der Waals surface area (Å²) < 4.78 is 0. The summed E-state index contributed by atoms with van der Waals surface area (Å²) in [7, 11) is 0.